The minimum atomic E-state index is 0. The molecule has 0 saturated carbocycles. The van der Waals surface area contributed by atoms with Gasteiger partial charge in [-0.25, -0.2) is 0 Å². The normalized spacial score (nSPS) is 7.58. The lowest BCUT2D eigenvalue weighted by Crippen LogP contribution is -1.85. The van der Waals surface area contributed by atoms with Gasteiger partial charge in [0.1, 0.15) is 0 Å². The van der Waals surface area contributed by atoms with E-state index in [0.717, 1.165) is 5.56 Å². The Morgan fingerprint density at radius 2 is 1.50 bits per heavy atom. The first-order valence-electron chi connectivity index (χ1n) is 3.19. The van der Waals surface area contributed by atoms with Crippen LogP contribution < -0.4 is 0 Å². The summed E-state index contributed by atoms with van der Waals surface area (Å²) in [6.45, 7) is 1.77. The minimum absolute atomic E-state index is 0. The van der Waals surface area contributed by atoms with E-state index in [0.29, 0.717) is 11.1 Å². The van der Waals surface area contributed by atoms with Gasteiger partial charge in [0, 0.05) is 0 Å². The third-order valence-electron chi connectivity index (χ3n) is 1.57. The van der Waals surface area contributed by atoms with Crippen molar-refractivity contribution < 1.29 is 0 Å². The molecule has 0 aromatic heterocycles. The number of benzene rings is 1. The van der Waals surface area contributed by atoms with E-state index in [4.69, 9.17) is 10.5 Å². The van der Waals surface area contributed by atoms with Crippen molar-refractivity contribution in [3.63, 3.8) is 0 Å². The summed E-state index contributed by atoms with van der Waals surface area (Å²) in [5.41, 5.74) is 1.91. The highest BCUT2D eigenvalue weighted by molar-refractivity contribution is 5.85. The van der Waals surface area contributed by atoms with E-state index < -0.39 is 0 Å². The molecule has 0 heterocycles. The van der Waals surface area contributed by atoms with Gasteiger partial charge in [-0.15, -0.1) is 12.4 Å². The second-order valence-electron chi connectivity index (χ2n) is 2.20. The van der Waals surface area contributed by atoms with Gasteiger partial charge >= 0.3 is 0 Å². The SMILES string of the molecule is Cc1c(C#N)cccc1C#N.Cl. The van der Waals surface area contributed by atoms with E-state index >= 15 is 0 Å². The lowest BCUT2D eigenvalue weighted by Gasteiger charge is -1.96. The molecular formula is C9H7ClN2. The van der Waals surface area contributed by atoms with Crippen LogP contribution >= 0.6 is 12.4 Å². The van der Waals surface area contributed by atoms with Gasteiger partial charge < -0.3 is 0 Å². The number of hydrogen-bond donors (Lipinski definition) is 0. The average molecular weight is 179 g/mol. The van der Waals surface area contributed by atoms with E-state index in [1.54, 1.807) is 25.1 Å². The Labute approximate surface area is 77.5 Å². The number of rotatable bonds is 0. The fourth-order valence-electron chi connectivity index (χ4n) is 0.878. The van der Waals surface area contributed by atoms with Crippen LogP contribution in [0, 0.1) is 29.6 Å². The summed E-state index contributed by atoms with van der Waals surface area (Å²) < 4.78 is 0. The largest absolute Gasteiger partial charge is 0.192 e. The molecule has 0 aliphatic carbocycles. The molecule has 60 valence electrons. The fourth-order valence-corrected chi connectivity index (χ4v) is 0.878. The summed E-state index contributed by atoms with van der Waals surface area (Å²) in [6.07, 6.45) is 0. The van der Waals surface area contributed by atoms with Gasteiger partial charge in [0.2, 0.25) is 0 Å². The van der Waals surface area contributed by atoms with E-state index in [1.165, 1.54) is 0 Å². The van der Waals surface area contributed by atoms with Gasteiger partial charge in [-0.2, -0.15) is 10.5 Å². The number of nitriles is 2. The van der Waals surface area contributed by atoms with Crippen LogP contribution in [-0.4, -0.2) is 0 Å². The molecule has 0 aliphatic rings. The van der Waals surface area contributed by atoms with Crippen LogP contribution in [0.15, 0.2) is 18.2 Å². The van der Waals surface area contributed by atoms with Crippen molar-refractivity contribution in [3.05, 3.63) is 34.9 Å². The van der Waals surface area contributed by atoms with Crippen molar-refractivity contribution in [2.24, 2.45) is 0 Å². The van der Waals surface area contributed by atoms with Gasteiger partial charge in [0.15, 0.2) is 0 Å². The maximum atomic E-state index is 8.58. The number of hydrogen-bond acceptors (Lipinski definition) is 2. The van der Waals surface area contributed by atoms with E-state index in [1.807, 2.05) is 12.1 Å². The van der Waals surface area contributed by atoms with Crippen LogP contribution in [0.4, 0.5) is 0 Å². The second kappa shape index (κ2) is 4.38. The highest BCUT2D eigenvalue weighted by Gasteiger charge is 2.00. The minimum Gasteiger partial charge on any atom is -0.192 e. The van der Waals surface area contributed by atoms with Gasteiger partial charge in [-0.3, -0.25) is 0 Å². The summed E-state index contributed by atoms with van der Waals surface area (Å²) in [5, 5.41) is 17.2. The molecule has 0 spiro atoms. The average Bonchev–Trinajstić information content (AvgIpc) is 2.05. The molecule has 1 rings (SSSR count). The molecule has 2 nitrogen and oxygen atoms in total. The molecule has 0 atom stereocenters. The van der Waals surface area contributed by atoms with Gasteiger partial charge in [-0.1, -0.05) is 6.07 Å². The van der Waals surface area contributed by atoms with Crippen molar-refractivity contribution >= 4 is 12.4 Å². The van der Waals surface area contributed by atoms with Crippen LogP contribution in [-0.2, 0) is 0 Å². The topological polar surface area (TPSA) is 47.6 Å². The zero-order valence-electron chi connectivity index (χ0n) is 6.53. The lowest BCUT2D eigenvalue weighted by molar-refractivity contribution is 1.35. The van der Waals surface area contributed by atoms with Crippen LogP contribution in [0.5, 0.6) is 0 Å². The first-order valence-corrected chi connectivity index (χ1v) is 3.19. The monoisotopic (exact) mass is 178 g/mol. The molecule has 1 aromatic carbocycles. The van der Waals surface area contributed by atoms with Crippen molar-refractivity contribution in [2.75, 3.05) is 0 Å². The first-order chi connectivity index (χ1) is 5.29. The molecule has 0 amide bonds. The molecule has 0 aliphatic heterocycles. The standard InChI is InChI=1S/C9H6N2.ClH/c1-7-8(5-10)3-2-4-9(7)6-11;/h2-4H,1H3;1H. The van der Waals surface area contributed by atoms with Gasteiger partial charge in [0.05, 0.1) is 23.3 Å². The molecule has 1 aromatic rings. The molecule has 3 heteroatoms. The molecule has 0 fully saturated rings. The van der Waals surface area contributed by atoms with Crippen molar-refractivity contribution in [1.29, 1.82) is 10.5 Å². The first kappa shape index (κ1) is 10.5. The molecule has 0 radical (unpaired) electrons. The zero-order valence-corrected chi connectivity index (χ0v) is 7.35. The maximum absolute atomic E-state index is 8.58. The second-order valence-corrected chi connectivity index (χ2v) is 2.20. The van der Waals surface area contributed by atoms with Crippen LogP contribution in [0.2, 0.25) is 0 Å². The number of nitrogens with zero attached hydrogens (tertiary/aromatic N) is 2. The zero-order chi connectivity index (χ0) is 8.27. The Bertz CT molecular complexity index is 326. The summed E-state index contributed by atoms with van der Waals surface area (Å²) in [7, 11) is 0. The summed E-state index contributed by atoms with van der Waals surface area (Å²) in [6, 6.07) is 9.16. The Morgan fingerprint density at radius 1 is 1.08 bits per heavy atom. The summed E-state index contributed by atoms with van der Waals surface area (Å²) in [4.78, 5) is 0. The van der Waals surface area contributed by atoms with E-state index in [2.05, 4.69) is 0 Å². The van der Waals surface area contributed by atoms with Crippen LogP contribution in [0.3, 0.4) is 0 Å². The number of halogens is 1. The third-order valence-corrected chi connectivity index (χ3v) is 1.57. The van der Waals surface area contributed by atoms with Gasteiger partial charge in [0.25, 0.3) is 0 Å². The predicted octanol–water partition coefficient (Wildman–Crippen LogP) is 2.16. The molecule has 0 unspecified atom stereocenters. The van der Waals surface area contributed by atoms with E-state index in [-0.39, 0.29) is 12.4 Å². The van der Waals surface area contributed by atoms with E-state index in [9.17, 15) is 0 Å². The van der Waals surface area contributed by atoms with Crippen LogP contribution in [0.25, 0.3) is 0 Å². The fraction of sp³-hybridized carbons (Fsp3) is 0.111. The Hall–Kier alpha value is -1.51. The van der Waals surface area contributed by atoms with Crippen molar-refractivity contribution in [1.82, 2.24) is 0 Å². The molecule has 0 saturated heterocycles. The highest BCUT2D eigenvalue weighted by Crippen LogP contribution is 2.10. The highest BCUT2D eigenvalue weighted by atomic mass is 35.5. The Kier molecular flexibility index (Phi) is 3.83. The Morgan fingerprint density at radius 3 is 1.83 bits per heavy atom. The quantitative estimate of drug-likeness (QED) is 0.611. The molecule has 12 heavy (non-hydrogen) atoms. The Balaban J connectivity index is 0.00000121. The van der Waals surface area contributed by atoms with Crippen LogP contribution in [0.1, 0.15) is 16.7 Å². The predicted molar refractivity (Wildman–Crippen MR) is 47.9 cm³/mol. The van der Waals surface area contributed by atoms with Gasteiger partial charge in [-0.05, 0) is 24.6 Å². The summed E-state index contributed by atoms with van der Waals surface area (Å²) in [5.74, 6) is 0. The van der Waals surface area contributed by atoms with Crippen molar-refractivity contribution in [2.45, 2.75) is 6.92 Å². The summed E-state index contributed by atoms with van der Waals surface area (Å²) >= 11 is 0. The smallest absolute Gasteiger partial charge is 0.0994 e. The molecule has 0 N–H and O–H groups in total. The van der Waals surface area contributed by atoms with Crippen molar-refractivity contribution in [3.8, 4) is 12.1 Å². The third kappa shape index (κ3) is 1.75. The maximum Gasteiger partial charge on any atom is 0.0994 e. The lowest BCUT2D eigenvalue weighted by atomic mass is 10.0. The molecule has 0 bridgehead atoms. The molecular weight excluding hydrogens is 172 g/mol.